The Balaban J connectivity index is 1.60. The molecule has 0 unspecified atom stereocenters. The van der Waals surface area contributed by atoms with Gasteiger partial charge in [0.1, 0.15) is 5.75 Å². The second-order valence-electron chi connectivity index (χ2n) is 7.73. The van der Waals surface area contributed by atoms with Gasteiger partial charge in [-0.25, -0.2) is 13.1 Å². The maximum absolute atomic E-state index is 12.7. The molecular formula is C23H30N2O4S. The molecule has 2 aromatic rings. The van der Waals surface area contributed by atoms with Gasteiger partial charge >= 0.3 is 0 Å². The molecule has 2 N–H and O–H groups in total. The van der Waals surface area contributed by atoms with Crippen molar-refractivity contribution in [1.82, 2.24) is 4.72 Å². The minimum absolute atomic E-state index is 0.00896. The van der Waals surface area contributed by atoms with Crippen LogP contribution in [0.25, 0.3) is 0 Å². The standard InChI is InChI=1S/C23H30N2O4S/c1-3-18-9-7-8-12-21(18)24-23(26)16-29-22-14-13-20(15-17(22)2)30(27,28)25-19-10-5-4-6-11-19/h7-9,12-15,19,25H,3-6,10-11,16H2,1-2H3,(H,24,26). The molecule has 0 radical (unpaired) electrons. The Bertz CT molecular complexity index is 982. The van der Waals surface area contributed by atoms with E-state index in [1.54, 1.807) is 19.1 Å². The maximum Gasteiger partial charge on any atom is 0.262 e. The van der Waals surface area contributed by atoms with Crippen molar-refractivity contribution in [3.63, 3.8) is 0 Å². The highest BCUT2D eigenvalue weighted by molar-refractivity contribution is 7.89. The van der Waals surface area contributed by atoms with Gasteiger partial charge in [0.15, 0.2) is 6.61 Å². The van der Waals surface area contributed by atoms with Crippen LogP contribution < -0.4 is 14.8 Å². The number of anilines is 1. The molecule has 1 aliphatic rings. The highest BCUT2D eigenvalue weighted by atomic mass is 32.2. The van der Waals surface area contributed by atoms with Gasteiger partial charge in [-0.3, -0.25) is 4.79 Å². The largest absolute Gasteiger partial charge is 0.483 e. The van der Waals surface area contributed by atoms with Crippen LogP contribution >= 0.6 is 0 Å². The van der Waals surface area contributed by atoms with Crippen molar-refractivity contribution >= 4 is 21.6 Å². The minimum atomic E-state index is -3.56. The Labute approximate surface area is 179 Å². The zero-order chi connectivity index (χ0) is 21.6. The summed E-state index contributed by atoms with van der Waals surface area (Å²) in [5.41, 5.74) is 2.51. The van der Waals surface area contributed by atoms with Crippen LogP contribution in [0.3, 0.4) is 0 Å². The van der Waals surface area contributed by atoms with Crippen molar-refractivity contribution in [3.8, 4) is 5.75 Å². The summed E-state index contributed by atoms with van der Waals surface area (Å²) in [7, 11) is -3.56. The van der Waals surface area contributed by atoms with E-state index in [0.29, 0.717) is 11.3 Å². The monoisotopic (exact) mass is 430 g/mol. The Kier molecular flexibility index (Phi) is 7.50. The molecule has 3 rings (SSSR count). The fraction of sp³-hybridized carbons (Fsp3) is 0.435. The van der Waals surface area contributed by atoms with Crippen molar-refractivity contribution in [2.75, 3.05) is 11.9 Å². The normalized spacial score (nSPS) is 15.0. The van der Waals surface area contributed by atoms with Gasteiger partial charge in [0, 0.05) is 11.7 Å². The number of carbonyl (C=O) groups excluding carboxylic acids is 1. The first-order valence-electron chi connectivity index (χ1n) is 10.5. The second-order valence-corrected chi connectivity index (χ2v) is 9.45. The molecule has 1 fully saturated rings. The molecule has 1 saturated carbocycles. The smallest absolute Gasteiger partial charge is 0.262 e. The van der Waals surface area contributed by atoms with Gasteiger partial charge in [-0.05, 0) is 61.6 Å². The Morgan fingerprint density at radius 3 is 2.53 bits per heavy atom. The van der Waals surface area contributed by atoms with E-state index in [4.69, 9.17) is 4.74 Å². The quantitative estimate of drug-likeness (QED) is 0.658. The molecule has 0 atom stereocenters. The van der Waals surface area contributed by atoms with E-state index in [0.717, 1.165) is 43.4 Å². The van der Waals surface area contributed by atoms with Crippen LogP contribution in [0.15, 0.2) is 47.4 Å². The number of carbonyl (C=O) groups is 1. The molecule has 1 aliphatic carbocycles. The van der Waals surface area contributed by atoms with Crippen molar-refractivity contribution in [1.29, 1.82) is 0 Å². The van der Waals surface area contributed by atoms with Crippen LogP contribution in [0.4, 0.5) is 5.69 Å². The lowest BCUT2D eigenvalue weighted by Gasteiger charge is -2.22. The van der Waals surface area contributed by atoms with Crippen LogP contribution in [-0.2, 0) is 21.2 Å². The summed E-state index contributed by atoms with van der Waals surface area (Å²) in [5, 5.41) is 2.86. The number of rotatable bonds is 8. The zero-order valence-corrected chi connectivity index (χ0v) is 18.4. The number of nitrogens with one attached hydrogen (secondary N) is 2. The summed E-state index contributed by atoms with van der Waals surface area (Å²) in [5.74, 6) is 0.233. The molecule has 1 amide bonds. The number of sulfonamides is 1. The molecule has 0 saturated heterocycles. The topological polar surface area (TPSA) is 84.5 Å². The van der Waals surface area contributed by atoms with Crippen LogP contribution in [0, 0.1) is 6.92 Å². The van der Waals surface area contributed by atoms with Gasteiger partial charge in [0.2, 0.25) is 10.0 Å². The number of aryl methyl sites for hydroxylation is 2. The lowest BCUT2D eigenvalue weighted by molar-refractivity contribution is -0.118. The van der Waals surface area contributed by atoms with Crippen LogP contribution in [-0.4, -0.2) is 27.0 Å². The predicted octanol–water partition coefficient (Wildman–Crippen LogP) is 4.19. The number of benzene rings is 2. The molecule has 0 aromatic heterocycles. The van der Waals surface area contributed by atoms with Gasteiger partial charge in [-0.1, -0.05) is 44.4 Å². The van der Waals surface area contributed by atoms with Crippen molar-refractivity contribution in [2.24, 2.45) is 0 Å². The Morgan fingerprint density at radius 2 is 1.83 bits per heavy atom. The highest BCUT2D eigenvalue weighted by Gasteiger charge is 2.22. The first-order valence-corrected chi connectivity index (χ1v) is 12.0. The first-order chi connectivity index (χ1) is 14.4. The zero-order valence-electron chi connectivity index (χ0n) is 17.6. The molecule has 30 heavy (non-hydrogen) atoms. The first kappa shape index (κ1) is 22.3. The summed E-state index contributed by atoms with van der Waals surface area (Å²) in [6.07, 6.45) is 5.88. The summed E-state index contributed by atoms with van der Waals surface area (Å²) < 4.78 is 33.8. The van der Waals surface area contributed by atoms with Crippen LogP contribution in [0.2, 0.25) is 0 Å². The number of amides is 1. The fourth-order valence-electron chi connectivity index (χ4n) is 3.74. The summed E-state index contributed by atoms with van der Waals surface area (Å²) >= 11 is 0. The van der Waals surface area contributed by atoms with Gasteiger partial charge in [-0.2, -0.15) is 0 Å². The summed E-state index contributed by atoms with van der Waals surface area (Å²) in [4.78, 5) is 12.5. The Morgan fingerprint density at radius 1 is 1.10 bits per heavy atom. The van der Waals surface area contributed by atoms with Crippen molar-refractivity contribution in [2.45, 2.75) is 63.3 Å². The molecular weight excluding hydrogens is 400 g/mol. The van der Waals surface area contributed by atoms with Gasteiger partial charge in [-0.15, -0.1) is 0 Å². The third-order valence-corrected chi connectivity index (χ3v) is 6.93. The van der Waals surface area contributed by atoms with Gasteiger partial charge in [0.25, 0.3) is 5.91 Å². The minimum Gasteiger partial charge on any atom is -0.483 e. The van der Waals surface area contributed by atoms with E-state index in [2.05, 4.69) is 10.0 Å². The summed E-state index contributed by atoms with van der Waals surface area (Å²) in [6, 6.07) is 12.4. The van der Waals surface area contributed by atoms with Crippen LogP contribution in [0.5, 0.6) is 5.75 Å². The van der Waals surface area contributed by atoms with Crippen molar-refractivity contribution < 1.29 is 17.9 Å². The molecule has 0 aliphatic heterocycles. The lowest BCUT2D eigenvalue weighted by Crippen LogP contribution is -2.36. The predicted molar refractivity (Wildman–Crippen MR) is 118 cm³/mol. The molecule has 162 valence electrons. The van der Waals surface area contributed by atoms with E-state index >= 15 is 0 Å². The second kappa shape index (κ2) is 10.1. The highest BCUT2D eigenvalue weighted by Crippen LogP contribution is 2.24. The SMILES string of the molecule is CCc1ccccc1NC(=O)COc1ccc(S(=O)(=O)NC2CCCCC2)cc1C. The fourth-order valence-corrected chi connectivity index (χ4v) is 5.13. The number of para-hydroxylation sites is 1. The maximum atomic E-state index is 12.7. The number of hydrogen-bond donors (Lipinski definition) is 2. The number of ether oxygens (including phenoxy) is 1. The summed E-state index contributed by atoms with van der Waals surface area (Å²) in [6.45, 7) is 3.66. The third kappa shape index (κ3) is 5.83. The van der Waals surface area contributed by atoms with E-state index in [1.165, 1.54) is 12.5 Å². The van der Waals surface area contributed by atoms with E-state index in [9.17, 15) is 13.2 Å². The van der Waals surface area contributed by atoms with E-state index < -0.39 is 10.0 Å². The molecule has 0 spiro atoms. The molecule has 0 bridgehead atoms. The molecule has 7 heteroatoms. The van der Waals surface area contributed by atoms with E-state index in [1.807, 2.05) is 31.2 Å². The molecule has 2 aromatic carbocycles. The number of hydrogen-bond acceptors (Lipinski definition) is 4. The van der Waals surface area contributed by atoms with E-state index in [-0.39, 0.29) is 23.5 Å². The third-order valence-electron chi connectivity index (χ3n) is 5.41. The Hall–Kier alpha value is -2.38. The lowest BCUT2D eigenvalue weighted by atomic mass is 9.96. The van der Waals surface area contributed by atoms with Crippen molar-refractivity contribution in [3.05, 3.63) is 53.6 Å². The average Bonchev–Trinajstić information content (AvgIpc) is 2.73. The average molecular weight is 431 g/mol. The molecule has 0 heterocycles. The molecule has 6 nitrogen and oxygen atoms in total. The van der Waals surface area contributed by atoms with Crippen LogP contribution in [0.1, 0.15) is 50.2 Å². The van der Waals surface area contributed by atoms with Gasteiger partial charge < -0.3 is 10.1 Å². The van der Waals surface area contributed by atoms with Gasteiger partial charge in [0.05, 0.1) is 4.90 Å².